The molecule has 6 heteroatoms. The molecule has 0 fully saturated rings. The van der Waals surface area contributed by atoms with Crippen molar-refractivity contribution in [2.24, 2.45) is 0 Å². The maximum Gasteiger partial charge on any atom is 0.257 e. The number of rotatable bonds is 7. The van der Waals surface area contributed by atoms with Crippen LogP contribution in [0.25, 0.3) is 0 Å². The predicted octanol–water partition coefficient (Wildman–Crippen LogP) is 3.04. The topological polar surface area (TPSA) is 41.4 Å². The molecule has 0 saturated carbocycles. The van der Waals surface area contributed by atoms with Crippen molar-refractivity contribution in [3.05, 3.63) is 39.8 Å². The van der Waals surface area contributed by atoms with Gasteiger partial charge in [-0.2, -0.15) is 5.10 Å². The van der Waals surface area contributed by atoms with E-state index in [0.29, 0.717) is 18.7 Å². The first-order chi connectivity index (χ1) is 10.9. The van der Waals surface area contributed by atoms with Gasteiger partial charge in [0, 0.05) is 35.1 Å². The Bertz CT molecular complexity index is 645. The highest BCUT2D eigenvalue weighted by Gasteiger charge is 2.19. The number of likely N-dealkylation sites (N-methyl/N-ethyl adjacent to an activating group) is 1. The Balaban J connectivity index is 2.15. The van der Waals surface area contributed by atoms with Crippen LogP contribution in [0.5, 0.6) is 0 Å². The van der Waals surface area contributed by atoms with E-state index in [1.165, 1.54) is 9.75 Å². The molecule has 23 heavy (non-hydrogen) atoms. The van der Waals surface area contributed by atoms with Crippen LogP contribution >= 0.6 is 11.3 Å². The molecule has 5 nitrogen and oxygen atoms in total. The number of nitrogens with zero attached hydrogens (tertiary/aromatic N) is 4. The van der Waals surface area contributed by atoms with Crippen molar-refractivity contribution in [3.63, 3.8) is 0 Å². The van der Waals surface area contributed by atoms with E-state index >= 15 is 0 Å². The molecule has 0 aliphatic rings. The molecular formula is C17H26N4OS. The fourth-order valence-corrected chi connectivity index (χ4v) is 3.15. The minimum Gasteiger partial charge on any atom is -0.332 e. The highest BCUT2D eigenvalue weighted by molar-refractivity contribution is 7.11. The molecule has 0 spiro atoms. The van der Waals surface area contributed by atoms with Gasteiger partial charge in [-0.1, -0.05) is 0 Å². The van der Waals surface area contributed by atoms with Gasteiger partial charge in [-0.05, 0) is 47.0 Å². The van der Waals surface area contributed by atoms with Crippen molar-refractivity contribution < 1.29 is 4.79 Å². The fourth-order valence-electron chi connectivity index (χ4n) is 2.24. The van der Waals surface area contributed by atoms with Crippen LogP contribution in [0.1, 0.15) is 40.0 Å². The van der Waals surface area contributed by atoms with E-state index in [-0.39, 0.29) is 11.9 Å². The summed E-state index contributed by atoms with van der Waals surface area (Å²) in [6.45, 7) is 8.40. The molecule has 0 aromatic carbocycles. The molecule has 2 aromatic heterocycles. The van der Waals surface area contributed by atoms with Gasteiger partial charge in [-0.3, -0.25) is 9.48 Å². The summed E-state index contributed by atoms with van der Waals surface area (Å²) in [5.74, 6) is 0.0461. The maximum atomic E-state index is 12.9. The van der Waals surface area contributed by atoms with E-state index in [1.807, 2.05) is 29.9 Å². The molecule has 1 amide bonds. The lowest BCUT2D eigenvalue weighted by Gasteiger charge is -2.23. The molecule has 2 rings (SSSR count). The maximum absolute atomic E-state index is 12.9. The molecule has 0 aliphatic heterocycles. The van der Waals surface area contributed by atoms with Gasteiger partial charge >= 0.3 is 0 Å². The summed E-state index contributed by atoms with van der Waals surface area (Å²) in [6, 6.07) is 4.46. The van der Waals surface area contributed by atoms with Gasteiger partial charge in [0.1, 0.15) is 0 Å². The van der Waals surface area contributed by atoms with Crippen molar-refractivity contribution in [1.82, 2.24) is 19.6 Å². The number of hydrogen-bond donors (Lipinski definition) is 0. The van der Waals surface area contributed by atoms with Crippen LogP contribution in [0.4, 0.5) is 0 Å². The second kappa shape index (κ2) is 7.75. The summed E-state index contributed by atoms with van der Waals surface area (Å²) in [5.41, 5.74) is 0.658. The van der Waals surface area contributed by atoms with Gasteiger partial charge < -0.3 is 9.80 Å². The van der Waals surface area contributed by atoms with Crippen LogP contribution in [0.15, 0.2) is 24.5 Å². The molecule has 0 saturated heterocycles. The van der Waals surface area contributed by atoms with Crippen LogP contribution in [-0.4, -0.2) is 52.7 Å². The predicted molar refractivity (Wildman–Crippen MR) is 95.0 cm³/mol. The SMILES string of the molecule is Cc1ccc(CN(CCN(C)C)C(=O)c2cnn(C(C)C)c2)s1. The van der Waals surface area contributed by atoms with E-state index in [2.05, 4.69) is 42.9 Å². The van der Waals surface area contributed by atoms with E-state index < -0.39 is 0 Å². The monoisotopic (exact) mass is 334 g/mol. The van der Waals surface area contributed by atoms with Gasteiger partial charge in [-0.15, -0.1) is 11.3 Å². The normalized spacial score (nSPS) is 11.4. The van der Waals surface area contributed by atoms with E-state index in [0.717, 1.165) is 6.54 Å². The van der Waals surface area contributed by atoms with Crippen LogP contribution in [0.2, 0.25) is 0 Å². The molecule has 2 heterocycles. The van der Waals surface area contributed by atoms with E-state index in [4.69, 9.17) is 0 Å². The molecule has 0 aliphatic carbocycles. The Kier molecular flexibility index (Phi) is 5.96. The van der Waals surface area contributed by atoms with Crippen molar-refractivity contribution in [2.45, 2.75) is 33.4 Å². The van der Waals surface area contributed by atoms with Crippen LogP contribution in [0.3, 0.4) is 0 Å². The average molecular weight is 334 g/mol. The first kappa shape index (κ1) is 17.7. The number of carbonyl (C=O) groups is 1. The quantitative estimate of drug-likeness (QED) is 0.781. The van der Waals surface area contributed by atoms with Crippen molar-refractivity contribution >= 4 is 17.2 Å². The standard InChI is InChI=1S/C17H26N4OS/c1-13(2)21-11-15(10-18-21)17(22)20(9-8-19(4)5)12-16-7-6-14(3)23-16/h6-7,10-11,13H,8-9,12H2,1-5H3. The average Bonchev–Trinajstić information content (AvgIpc) is 3.11. The summed E-state index contributed by atoms with van der Waals surface area (Å²) >= 11 is 1.74. The molecule has 0 radical (unpaired) electrons. The summed E-state index contributed by atoms with van der Waals surface area (Å²) < 4.78 is 1.83. The fraction of sp³-hybridized carbons (Fsp3) is 0.529. The first-order valence-corrected chi connectivity index (χ1v) is 8.72. The highest BCUT2D eigenvalue weighted by Crippen LogP contribution is 2.18. The van der Waals surface area contributed by atoms with Crippen molar-refractivity contribution in [3.8, 4) is 0 Å². The van der Waals surface area contributed by atoms with Crippen molar-refractivity contribution in [2.75, 3.05) is 27.2 Å². The number of hydrogen-bond acceptors (Lipinski definition) is 4. The van der Waals surface area contributed by atoms with Gasteiger partial charge in [0.25, 0.3) is 5.91 Å². The minimum atomic E-state index is 0.0461. The molecule has 0 unspecified atom stereocenters. The Morgan fingerprint density at radius 3 is 2.57 bits per heavy atom. The third kappa shape index (κ3) is 4.91. The molecule has 0 atom stereocenters. The number of carbonyl (C=O) groups excluding carboxylic acids is 1. The summed E-state index contributed by atoms with van der Waals surface area (Å²) in [5, 5.41) is 4.29. The molecule has 0 bridgehead atoms. The number of aryl methyl sites for hydroxylation is 1. The largest absolute Gasteiger partial charge is 0.332 e. The molecule has 2 aromatic rings. The summed E-state index contributed by atoms with van der Waals surface area (Å²) in [4.78, 5) is 19.4. The Morgan fingerprint density at radius 2 is 2.04 bits per heavy atom. The van der Waals surface area contributed by atoms with Gasteiger partial charge in [0.15, 0.2) is 0 Å². The lowest BCUT2D eigenvalue weighted by molar-refractivity contribution is 0.0733. The number of amides is 1. The Morgan fingerprint density at radius 1 is 1.30 bits per heavy atom. The van der Waals surface area contributed by atoms with E-state index in [9.17, 15) is 4.79 Å². The minimum absolute atomic E-state index is 0.0461. The van der Waals surface area contributed by atoms with E-state index in [1.54, 1.807) is 17.5 Å². The smallest absolute Gasteiger partial charge is 0.257 e. The third-order valence-electron chi connectivity index (χ3n) is 3.62. The van der Waals surface area contributed by atoms with Crippen molar-refractivity contribution in [1.29, 1.82) is 0 Å². The Labute approximate surface area is 142 Å². The Hall–Kier alpha value is -1.66. The van der Waals surface area contributed by atoms with Crippen LogP contribution < -0.4 is 0 Å². The van der Waals surface area contributed by atoms with Crippen LogP contribution in [-0.2, 0) is 6.54 Å². The zero-order chi connectivity index (χ0) is 17.0. The second-order valence-corrected chi connectivity index (χ2v) is 7.72. The lowest BCUT2D eigenvalue weighted by atomic mass is 10.2. The van der Waals surface area contributed by atoms with Gasteiger partial charge in [0.05, 0.1) is 18.3 Å². The second-order valence-electron chi connectivity index (χ2n) is 6.35. The molecular weight excluding hydrogens is 308 g/mol. The summed E-state index contributed by atoms with van der Waals surface area (Å²) in [6.07, 6.45) is 3.51. The number of aromatic nitrogens is 2. The summed E-state index contributed by atoms with van der Waals surface area (Å²) in [7, 11) is 4.05. The highest BCUT2D eigenvalue weighted by atomic mass is 32.1. The zero-order valence-electron chi connectivity index (χ0n) is 14.6. The van der Waals surface area contributed by atoms with Crippen LogP contribution in [0, 0.1) is 6.92 Å². The molecule has 126 valence electrons. The molecule has 0 N–H and O–H groups in total. The van der Waals surface area contributed by atoms with Gasteiger partial charge in [-0.25, -0.2) is 0 Å². The lowest BCUT2D eigenvalue weighted by Crippen LogP contribution is -2.36. The first-order valence-electron chi connectivity index (χ1n) is 7.90. The third-order valence-corrected chi connectivity index (χ3v) is 4.61. The zero-order valence-corrected chi connectivity index (χ0v) is 15.4. The van der Waals surface area contributed by atoms with Gasteiger partial charge in [0.2, 0.25) is 0 Å². The number of thiophene rings is 1.